The van der Waals surface area contributed by atoms with Gasteiger partial charge in [-0.15, -0.1) is 10.2 Å². The van der Waals surface area contributed by atoms with Gasteiger partial charge in [-0.05, 0) is 0 Å². The average Bonchev–Trinajstić information content (AvgIpc) is 2.84. The molecule has 118 valence electrons. The molecule has 2 heterocycles. The summed E-state index contributed by atoms with van der Waals surface area (Å²) in [5, 5.41) is 12.6. The van der Waals surface area contributed by atoms with Gasteiger partial charge in [-0.3, -0.25) is 0 Å². The molecular formula is C12H20N4O3S2. The Morgan fingerprint density at radius 2 is 1.90 bits per heavy atom. The number of sulfone groups is 1. The van der Waals surface area contributed by atoms with Crippen molar-refractivity contribution in [2.75, 3.05) is 24.6 Å². The van der Waals surface area contributed by atoms with E-state index in [9.17, 15) is 13.2 Å². The molecule has 0 saturated carbocycles. The zero-order valence-electron chi connectivity index (χ0n) is 12.4. The zero-order valence-corrected chi connectivity index (χ0v) is 14.1. The summed E-state index contributed by atoms with van der Waals surface area (Å²) in [4.78, 5) is 13.5. The maximum absolute atomic E-state index is 12.0. The molecule has 7 nitrogen and oxygen atoms in total. The molecule has 0 aliphatic carbocycles. The highest BCUT2D eigenvalue weighted by Crippen LogP contribution is 2.25. The molecule has 1 aliphatic rings. The van der Waals surface area contributed by atoms with E-state index in [0.717, 1.165) is 10.0 Å². The fourth-order valence-corrected chi connectivity index (χ4v) is 3.84. The molecule has 1 N–H and O–H groups in total. The van der Waals surface area contributed by atoms with Crippen LogP contribution >= 0.6 is 11.3 Å². The first-order chi connectivity index (χ1) is 9.67. The third-order valence-corrected chi connectivity index (χ3v) is 6.09. The molecule has 0 radical (unpaired) electrons. The Morgan fingerprint density at radius 1 is 1.29 bits per heavy atom. The van der Waals surface area contributed by atoms with Gasteiger partial charge in [0.25, 0.3) is 0 Å². The highest BCUT2D eigenvalue weighted by Gasteiger charge is 2.25. The van der Waals surface area contributed by atoms with Crippen molar-refractivity contribution in [1.82, 2.24) is 20.4 Å². The molecule has 2 amide bonds. The number of nitrogens with one attached hydrogen (secondary N) is 1. The normalized spacial score (nSPS) is 18.5. The molecule has 0 spiro atoms. The summed E-state index contributed by atoms with van der Waals surface area (Å²) in [5.74, 6) is 0.0702. The molecule has 0 atom stereocenters. The molecular weight excluding hydrogens is 312 g/mol. The molecule has 2 rings (SSSR count). The van der Waals surface area contributed by atoms with Gasteiger partial charge in [-0.2, -0.15) is 0 Å². The van der Waals surface area contributed by atoms with E-state index in [4.69, 9.17) is 0 Å². The Morgan fingerprint density at radius 3 is 2.43 bits per heavy atom. The second kappa shape index (κ2) is 5.88. The Hall–Kier alpha value is -1.22. The van der Waals surface area contributed by atoms with Gasteiger partial charge in [-0.25, -0.2) is 13.2 Å². The van der Waals surface area contributed by atoms with Crippen molar-refractivity contribution in [3.05, 3.63) is 10.0 Å². The van der Waals surface area contributed by atoms with Crippen molar-refractivity contribution in [3.63, 3.8) is 0 Å². The van der Waals surface area contributed by atoms with Gasteiger partial charge >= 0.3 is 6.03 Å². The van der Waals surface area contributed by atoms with Crippen LogP contribution in [0.25, 0.3) is 0 Å². The quantitative estimate of drug-likeness (QED) is 0.864. The van der Waals surface area contributed by atoms with E-state index in [2.05, 4.69) is 36.3 Å². The summed E-state index contributed by atoms with van der Waals surface area (Å²) in [5.41, 5.74) is -0.0544. The largest absolute Gasteiger partial charge is 0.331 e. The maximum Gasteiger partial charge on any atom is 0.317 e. The van der Waals surface area contributed by atoms with Gasteiger partial charge in [0.15, 0.2) is 9.84 Å². The molecule has 1 aliphatic heterocycles. The number of aromatic nitrogens is 2. The van der Waals surface area contributed by atoms with Crippen LogP contribution in [0, 0.1) is 0 Å². The van der Waals surface area contributed by atoms with Gasteiger partial charge in [0, 0.05) is 18.5 Å². The predicted molar refractivity (Wildman–Crippen MR) is 81.1 cm³/mol. The number of urea groups is 1. The second-order valence-electron chi connectivity index (χ2n) is 6.05. The Bertz CT molecular complexity index is 605. The first kappa shape index (κ1) is 16.2. The SMILES string of the molecule is CC(C)(C)c1nnc(CNC(=O)N2CCS(=O)(=O)CC2)s1. The van der Waals surface area contributed by atoms with Crippen LogP contribution < -0.4 is 5.32 Å². The van der Waals surface area contributed by atoms with E-state index in [-0.39, 0.29) is 36.0 Å². The monoisotopic (exact) mass is 332 g/mol. The van der Waals surface area contributed by atoms with Gasteiger partial charge in [0.05, 0.1) is 18.1 Å². The van der Waals surface area contributed by atoms with Gasteiger partial charge in [-0.1, -0.05) is 32.1 Å². The van der Waals surface area contributed by atoms with E-state index in [1.165, 1.54) is 16.2 Å². The fourth-order valence-electron chi connectivity index (χ4n) is 1.81. The van der Waals surface area contributed by atoms with E-state index in [1.54, 1.807) is 0 Å². The Labute approximate surface area is 128 Å². The maximum atomic E-state index is 12.0. The van der Waals surface area contributed by atoms with Gasteiger partial charge in [0.1, 0.15) is 10.0 Å². The molecule has 21 heavy (non-hydrogen) atoms. The Balaban J connectivity index is 1.86. The number of carbonyl (C=O) groups is 1. The fraction of sp³-hybridized carbons (Fsp3) is 0.750. The summed E-state index contributed by atoms with van der Waals surface area (Å²) < 4.78 is 22.6. The smallest absolute Gasteiger partial charge is 0.317 e. The number of hydrogen-bond acceptors (Lipinski definition) is 6. The summed E-state index contributed by atoms with van der Waals surface area (Å²) in [6.45, 7) is 6.99. The number of hydrogen-bond donors (Lipinski definition) is 1. The highest BCUT2D eigenvalue weighted by atomic mass is 32.2. The van der Waals surface area contributed by atoms with Crippen LogP contribution in [0.15, 0.2) is 0 Å². The highest BCUT2D eigenvalue weighted by molar-refractivity contribution is 7.91. The number of carbonyl (C=O) groups excluding carboxylic acids is 1. The minimum absolute atomic E-state index is 0.0351. The number of nitrogens with zero attached hydrogens (tertiary/aromatic N) is 3. The molecule has 1 fully saturated rings. The van der Waals surface area contributed by atoms with Crippen LogP contribution in [0.1, 0.15) is 30.8 Å². The summed E-state index contributed by atoms with van der Waals surface area (Å²) in [7, 11) is -2.97. The zero-order chi connectivity index (χ0) is 15.7. The molecule has 0 unspecified atom stereocenters. The standard InChI is InChI=1S/C12H20N4O3S2/c1-12(2,3)10-15-14-9(20-10)8-13-11(17)16-4-6-21(18,19)7-5-16/h4-8H2,1-3H3,(H,13,17). The summed E-state index contributed by atoms with van der Waals surface area (Å²) >= 11 is 1.48. The molecule has 1 aromatic rings. The van der Waals surface area contributed by atoms with Crippen molar-refractivity contribution in [2.24, 2.45) is 0 Å². The third-order valence-electron chi connectivity index (χ3n) is 3.13. The van der Waals surface area contributed by atoms with E-state index in [0.29, 0.717) is 6.54 Å². The van der Waals surface area contributed by atoms with Crippen LogP contribution in [-0.2, 0) is 21.8 Å². The lowest BCUT2D eigenvalue weighted by atomic mass is 9.98. The molecule has 0 aromatic carbocycles. The van der Waals surface area contributed by atoms with E-state index >= 15 is 0 Å². The molecule has 1 saturated heterocycles. The number of amides is 2. The van der Waals surface area contributed by atoms with Crippen LogP contribution in [-0.4, -0.2) is 54.1 Å². The third kappa shape index (κ3) is 4.37. The van der Waals surface area contributed by atoms with Crippen LogP contribution in [0.2, 0.25) is 0 Å². The van der Waals surface area contributed by atoms with Crippen LogP contribution in [0.3, 0.4) is 0 Å². The first-order valence-corrected chi connectivity index (χ1v) is 9.37. The summed E-state index contributed by atoms with van der Waals surface area (Å²) in [6.07, 6.45) is 0. The molecule has 0 bridgehead atoms. The topological polar surface area (TPSA) is 92.3 Å². The van der Waals surface area contributed by atoms with Crippen molar-refractivity contribution in [3.8, 4) is 0 Å². The summed E-state index contributed by atoms with van der Waals surface area (Å²) in [6, 6.07) is -0.252. The molecule has 9 heteroatoms. The average molecular weight is 332 g/mol. The van der Waals surface area contributed by atoms with Crippen molar-refractivity contribution < 1.29 is 13.2 Å². The van der Waals surface area contributed by atoms with Gasteiger partial charge in [0.2, 0.25) is 0 Å². The lowest BCUT2D eigenvalue weighted by Gasteiger charge is -2.26. The van der Waals surface area contributed by atoms with Crippen molar-refractivity contribution in [2.45, 2.75) is 32.7 Å². The van der Waals surface area contributed by atoms with Crippen molar-refractivity contribution in [1.29, 1.82) is 0 Å². The number of rotatable bonds is 2. The second-order valence-corrected chi connectivity index (χ2v) is 9.41. The van der Waals surface area contributed by atoms with Crippen molar-refractivity contribution >= 4 is 27.2 Å². The first-order valence-electron chi connectivity index (χ1n) is 6.73. The van der Waals surface area contributed by atoms with Crippen LogP contribution in [0.4, 0.5) is 4.79 Å². The lowest BCUT2D eigenvalue weighted by Crippen LogP contribution is -2.47. The minimum Gasteiger partial charge on any atom is -0.331 e. The molecule has 1 aromatic heterocycles. The lowest BCUT2D eigenvalue weighted by molar-refractivity contribution is 0.201. The van der Waals surface area contributed by atoms with E-state index in [1.807, 2.05) is 0 Å². The van der Waals surface area contributed by atoms with Gasteiger partial charge < -0.3 is 10.2 Å². The minimum atomic E-state index is -2.97. The van der Waals surface area contributed by atoms with Crippen LogP contribution in [0.5, 0.6) is 0 Å². The van der Waals surface area contributed by atoms with E-state index < -0.39 is 9.84 Å². The Kier molecular flexibility index (Phi) is 4.52. The predicted octanol–water partition coefficient (Wildman–Crippen LogP) is 0.776.